The maximum absolute atomic E-state index is 12.7. The van der Waals surface area contributed by atoms with Gasteiger partial charge in [0.2, 0.25) is 0 Å². The molecule has 0 aromatic carbocycles. The summed E-state index contributed by atoms with van der Waals surface area (Å²) in [5, 5.41) is 5.10. The summed E-state index contributed by atoms with van der Waals surface area (Å²) in [6.45, 7) is 5.91. The fourth-order valence-corrected chi connectivity index (χ4v) is 5.02. The normalized spacial score (nSPS) is 26.5. The van der Waals surface area contributed by atoms with Gasteiger partial charge in [-0.25, -0.2) is 4.98 Å². The van der Waals surface area contributed by atoms with E-state index in [2.05, 4.69) is 24.1 Å². The van der Waals surface area contributed by atoms with Gasteiger partial charge in [-0.1, -0.05) is 25.2 Å². The molecule has 1 amide bonds. The molecule has 2 atom stereocenters. The van der Waals surface area contributed by atoms with Crippen molar-refractivity contribution < 1.29 is 4.79 Å². The quantitative estimate of drug-likeness (QED) is 0.893. The van der Waals surface area contributed by atoms with Gasteiger partial charge >= 0.3 is 0 Å². The first kappa shape index (κ1) is 15.0. The highest BCUT2D eigenvalue weighted by atomic mass is 32.2. The fraction of sp³-hybridized carbons (Fsp3) is 0.714. The summed E-state index contributed by atoms with van der Waals surface area (Å²) in [5.41, 5.74) is 5.96. The molecule has 2 aliphatic rings. The first-order valence-electron chi connectivity index (χ1n) is 7.50. The number of thiazole rings is 1. The van der Waals surface area contributed by atoms with E-state index in [9.17, 15) is 4.79 Å². The molecule has 1 saturated carbocycles. The van der Waals surface area contributed by atoms with Gasteiger partial charge in [0.15, 0.2) is 5.13 Å². The Morgan fingerprint density at radius 1 is 1.33 bits per heavy atom. The van der Waals surface area contributed by atoms with Gasteiger partial charge in [-0.15, -0.1) is 0 Å². The number of nitrogen functional groups attached to an aromatic ring is 1. The van der Waals surface area contributed by atoms with Crippen LogP contribution in [0, 0.1) is 0 Å². The van der Waals surface area contributed by atoms with Crippen LogP contribution in [-0.2, 0) is 0 Å². The standard InChI is InChI=1S/C14H22N4OS2/c1-8-6-18(7-9(2)20-8)13(19)11-12(15)17-14(21-11)16-10-4-3-5-10/h8-10H,3-7,15H2,1-2H3,(H,16,17). The first-order valence-corrected chi connectivity index (χ1v) is 9.26. The molecule has 2 unspecified atom stereocenters. The van der Waals surface area contributed by atoms with Crippen molar-refractivity contribution >= 4 is 40.0 Å². The van der Waals surface area contributed by atoms with Crippen LogP contribution in [0.5, 0.6) is 0 Å². The van der Waals surface area contributed by atoms with Gasteiger partial charge in [-0.2, -0.15) is 11.8 Å². The van der Waals surface area contributed by atoms with E-state index in [0.717, 1.165) is 18.2 Å². The number of nitrogens with two attached hydrogens (primary N) is 1. The summed E-state index contributed by atoms with van der Waals surface area (Å²) in [7, 11) is 0. The Morgan fingerprint density at radius 3 is 2.57 bits per heavy atom. The van der Waals surface area contributed by atoms with Crippen molar-refractivity contribution in [3.05, 3.63) is 4.88 Å². The number of nitrogens with one attached hydrogen (secondary N) is 1. The van der Waals surface area contributed by atoms with Crippen LogP contribution in [-0.4, -0.2) is 45.4 Å². The maximum atomic E-state index is 12.7. The molecule has 1 aliphatic heterocycles. The molecule has 116 valence electrons. The summed E-state index contributed by atoms with van der Waals surface area (Å²) >= 11 is 3.33. The van der Waals surface area contributed by atoms with Crippen molar-refractivity contribution in [1.82, 2.24) is 9.88 Å². The Bertz CT molecular complexity index is 519. The molecule has 1 aromatic heterocycles. The molecule has 5 nitrogen and oxygen atoms in total. The van der Waals surface area contributed by atoms with Crippen LogP contribution in [0.25, 0.3) is 0 Å². The molecule has 3 rings (SSSR count). The zero-order valence-corrected chi connectivity index (χ0v) is 14.1. The minimum absolute atomic E-state index is 0.0330. The van der Waals surface area contributed by atoms with E-state index in [0.29, 0.717) is 27.2 Å². The number of aromatic nitrogens is 1. The monoisotopic (exact) mass is 326 g/mol. The van der Waals surface area contributed by atoms with Crippen molar-refractivity contribution in [2.24, 2.45) is 0 Å². The molecule has 1 aliphatic carbocycles. The maximum Gasteiger partial charge on any atom is 0.267 e. The molecule has 7 heteroatoms. The molecule has 3 N–H and O–H groups in total. The lowest BCUT2D eigenvalue weighted by atomic mass is 9.93. The summed E-state index contributed by atoms with van der Waals surface area (Å²) in [6, 6.07) is 0.505. The average molecular weight is 326 g/mol. The first-order chi connectivity index (χ1) is 10.0. The molecule has 21 heavy (non-hydrogen) atoms. The van der Waals surface area contributed by atoms with E-state index in [1.807, 2.05) is 16.7 Å². The van der Waals surface area contributed by atoms with Crippen LogP contribution >= 0.6 is 23.1 Å². The third-order valence-corrected chi connectivity index (χ3v) is 6.20. The Labute approximate surface area is 133 Å². The number of thioether (sulfide) groups is 1. The van der Waals surface area contributed by atoms with Crippen LogP contribution in [0.1, 0.15) is 42.8 Å². The molecule has 1 saturated heterocycles. The van der Waals surface area contributed by atoms with E-state index in [-0.39, 0.29) is 5.91 Å². The van der Waals surface area contributed by atoms with Crippen LogP contribution in [0.15, 0.2) is 0 Å². The number of carbonyl (C=O) groups excluding carboxylic acids is 1. The number of amides is 1. The molecule has 2 heterocycles. The zero-order valence-electron chi connectivity index (χ0n) is 12.5. The van der Waals surface area contributed by atoms with Crippen LogP contribution < -0.4 is 11.1 Å². The van der Waals surface area contributed by atoms with E-state index >= 15 is 0 Å². The summed E-state index contributed by atoms with van der Waals surface area (Å²) in [6.07, 6.45) is 3.63. The Balaban J connectivity index is 1.71. The van der Waals surface area contributed by atoms with Gasteiger partial charge in [0.25, 0.3) is 5.91 Å². The van der Waals surface area contributed by atoms with Crippen molar-refractivity contribution in [2.75, 3.05) is 24.1 Å². The highest BCUT2D eigenvalue weighted by Crippen LogP contribution is 2.32. The number of carbonyl (C=O) groups is 1. The third-order valence-electron chi connectivity index (χ3n) is 3.99. The number of hydrogen-bond donors (Lipinski definition) is 2. The van der Waals surface area contributed by atoms with Gasteiger partial charge in [-0.05, 0) is 19.3 Å². The molecule has 0 bridgehead atoms. The van der Waals surface area contributed by atoms with E-state index < -0.39 is 0 Å². The molecule has 0 radical (unpaired) electrons. The van der Waals surface area contributed by atoms with Crippen LogP contribution in [0.2, 0.25) is 0 Å². The highest BCUT2D eigenvalue weighted by molar-refractivity contribution is 8.00. The molecular weight excluding hydrogens is 304 g/mol. The largest absolute Gasteiger partial charge is 0.382 e. The molecular formula is C14H22N4OS2. The topological polar surface area (TPSA) is 71.2 Å². The number of nitrogens with zero attached hydrogens (tertiary/aromatic N) is 2. The fourth-order valence-electron chi connectivity index (χ4n) is 2.76. The molecule has 1 aromatic rings. The van der Waals surface area contributed by atoms with E-state index in [4.69, 9.17) is 5.73 Å². The summed E-state index contributed by atoms with van der Waals surface area (Å²) in [5.74, 6) is 0.399. The number of anilines is 2. The SMILES string of the molecule is CC1CN(C(=O)c2sc(NC3CCC3)nc2N)CC(C)S1. The minimum Gasteiger partial charge on any atom is -0.382 e. The lowest BCUT2D eigenvalue weighted by Crippen LogP contribution is -2.43. The number of hydrogen-bond acceptors (Lipinski definition) is 6. The van der Waals surface area contributed by atoms with Crippen molar-refractivity contribution in [3.63, 3.8) is 0 Å². The summed E-state index contributed by atoms with van der Waals surface area (Å²) in [4.78, 5) is 19.5. The molecule has 0 spiro atoms. The van der Waals surface area contributed by atoms with Gasteiger partial charge in [0.05, 0.1) is 0 Å². The van der Waals surface area contributed by atoms with Gasteiger partial charge in [0, 0.05) is 29.6 Å². The smallest absolute Gasteiger partial charge is 0.267 e. The van der Waals surface area contributed by atoms with Crippen molar-refractivity contribution in [2.45, 2.75) is 49.7 Å². The second-order valence-electron chi connectivity index (χ2n) is 5.97. The Kier molecular flexibility index (Phi) is 4.31. The Morgan fingerprint density at radius 2 is 2.00 bits per heavy atom. The van der Waals surface area contributed by atoms with Gasteiger partial charge in [0.1, 0.15) is 10.7 Å². The lowest BCUT2D eigenvalue weighted by molar-refractivity contribution is 0.0759. The van der Waals surface area contributed by atoms with Crippen LogP contribution in [0.4, 0.5) is 10.9 Å². The third kappa shape index (κ3) is 3.29. The molecule has 2 fully saturated rings. The number of rotatable bonds is 3. The Hall–Kier alpha value is -0.950. The van der Waals surface area contributed by atoms with Gasteiger partial charge in [-0.3, -0.25) is 4.79 Å². The zero-order chi connectivity index (χ0) is 15.0. The predicted octanol–water partition coefficient (Wildman–Crippen LogP) is 2.66. The summed E-state index contributed by atoms with van der Waals surface area (Å²) < 4.78 is 0. The van der Waals surface area contributed by atoms with Crippen molar-refractivity contribution in [3.8, 4) is 0 Å². The lowest BCUT2D eigenvalue weighted by Gasteiger charge is -2.34. The average Bonchev–Trinajstić information content (AvgIpc) is 2.73. The van der Waals surface area contributed by atoms with Gasteiger partial charge < -0.3 is 16.0 Å². The van der Waals surface area contributed by atoms with Crippen molar-refractivity contribution in [1.29, 1.82) is 0 Å². The minimum atomic E-state index is 0.0330. The second-order valence-corrected chi connectivity index (χ2v) is 8.85. The van der Waals surface area contributed by atoms with Crippen LogP contribution in [0.3, 0.4) is 0 Å². The van der Waals surface area contributed by atoms with E-state index in [1.54, 1.807) is 0 Å². The predicted molar refractivity (Wildman–Crippen MR) is 90.2 cm³/mol. The highest BCUT2D eigenvalue weighted by Gasteiger charge is 2.29. The van der Waals surface area contributed by atoms with E-state index in [1.165, 1.54) is 30.6 Å². The second kappa shape index (κ2) is 6.04.